The van der Waals surface area contributed by atoms with Crippen molar-refractivity contribution in [3.63, 3.8) is 0 Å². The van der Waals surface area contributed by atoms with Gasteiger partial charge in [-0.1, -0.05) is 27.2 Å². The highest BCUT2D eigenvalue weighted by molar-refractivity contribution is 4.84. The van der Waals surface area contributed by atoms with Gasteiger partial charge >= 0.3 is 0 Å². The first-order chi connectivity index (χ1) is 7.56. The van der Waals surface area contributed by atoms with Gasteiger partial charge in [0.25, 0.3) is 0 Å². The van der Waals surface area contributed by atoms with Crippen LogP contribution in [0.2, 0.25) is 0 Å². The Labute approximate surface area is 99.7 Å². The standard InChI is InChI=1S/C14H26O2/c1-12(2)13(3)9-10-15-14(16-11-13)7-5-4-6-8-14/h12H,4-11H2,1-3H3. The first-order valence-corrected chi connectivity index (χ1v) is 6.84. The molecule has 1 atom stereocenters. The molecule has 2 rings (SSSR count). The first-order valence-electron chi connectivity index (χ1n) is 6.84. The van der Waals surface area contributed by atoms with Gasteiger partial charge in [0.1, 0.15) is 0 Å². The lowest BCUT2D eigenvalue weighted by Crippen LogP contribution is -2.38. The molecule has 94 valence electrons. The second-order valence-corrected chi connectivity index (χ2v) is 6.17. The quantitative estimate of drug-likeness (QED) is 0.678. The third-order valence-electron chi connectivity index (χ3n) is 4.71. The molecular weight excluding hydrogens is 200 g/mol. The van der Waals surface area contributed by atoms with Crippen LogP contribution in [0.1, 0.15) is 59.3 Å². The van der Waals surface area contributed by atoms with E-state index in [1.54, 1.807) is 0 Å². The second-order valence-electron chi connectivity index (χ2n) is 6.17. The fourth-order valence-electron chi connectivity index (χ4n) is 2.71. The summed E-state index contributed by atoms with van der Waals surface area (Å²) in [5.41, 5.74) is 0.293. The molecule has 0 aromatic carbocycles. The Kier molecular flexibility index (Phi) is 3.60. The summed E-state index contributed by atoms with van der Waals surface area (Å²) >= 11 is 0. The summed E-state index contributed by atoms with van der Waals surface area (Å²) in [6.45, 7) is 8.66. The maximum Gasteiger partial charge on any atom is 0.168 e. The molecule has 1 unspecified atom stereocenters. The monoisotopic (exact) mass is 226 g/mol. The number of hydrogen-bond donors (Lipinski definition) is 0. The molecule has 1 aliphatic carbocycles. The van der Waals surface area contributed by atoms with Crippen molar-refractivity contribution in [1.29, 1.82) is 0 Å². The van der Waals surface area contributed by atoms with E-state index < -0.39 is 0 Å². The smallest absolute Gasteiger partial charge is 0.168 e. The molecule has 0 aromatic heterocycles. The zero-order valence-corrected chi connectivity index (χ0v) is 11.1. The maximum atomic E-state index is 6.19. The molecule has 0 bridgehead atoms. The van der Waals surface area contributed by atoms with Crippen molar-refractivity contribution >= 4 is 0 Å². The summed E-state index contributed by atoms with van der Waals surface area (Å²) in [7, 11) is 0. The fourth-order valence-corrected chi connectivity index (χ4v) is 2.71. The Morgan fingerprint density at radius 3 is 2.25 bits per heavy atom. The minimum absolute atomic E-state index is 0.217. The largest absolute Gasteiger partial charge is 0.350 e. The van der Waals surface area contributed by atoms with Gasteiger partial charge in [-0.15, -0.1) is 0 Å². The van der Waals surface area contributed by atoms with Gasteiger partial charge in [-0.3, -0.25) is 0 Å². The molecule has 0 N–H and O–H groups in total. The molecule has 1 spiro atoms. The Morgan fingerprint density at radius 2 is 1.62 bits per heavy atom. The SMILES string of the molecule is CC(C)C1(C)CCOC2(CCCCC2)OC1. The third-order valence-corrected chi connectivity index (χ3v) is 4.71. The van der Waals surface area contributed by atoms with Crippen LogP contribution in [0.5, 0.6) is 0 Å². The van der Waals surface area contributed by atoms with Crippen LogP contribution in [0.4, 0.5) is 0 Å². The Balaban J connectivity index is 2.02. The molecule has 1 aliphatic heterocycles. The molecule has 0 amide bonds. The number of hydrogen-bond acceptors (Lipinski definition) is 2. The number of rotatable bonds is 1. The normalized spacial score (nSPS) is 35.2. The predicted molar refractivity (Wildman–Crippen MR) is 65.3 cm³/mol. The lowest BCUT2D eigenvalue weighted by Gasteiger charge is -2.37. The Bertz CT molecular complexity index is 231. The Morgan fingerprint density at radius 1 is 0.938 bits per heavy atom. The summed E-state index contributed by atoms with van der Waals surface area (Å²) in [5.74, 6) is 0.445. The van der Waals surface area contributed by atoms with Gasteiger partial charge in [-0.25, -0.2) is 0 Å². The average molecular weight is 226 g/mol. The molecule has 2 nitrogen and oxygen atoms in total. The maximum absolute atomic E-state index is 6.19. The molecule has 0 aromatic rings. The Hall–Kier alpha value is -0.0800. The van der Waals surface area contributed by atoms with Crippen LogP contribution in [-0.4, -0.2) is 19.0 Å². The van der Waals surface area contributed by atoms with Crippen molar-refractivity contribution in [3.05, 3.63) is 0 Å². The number of ether oxygens (including phenoxy) is 2. The molecule has 1 saturated heterocycles. The van der Waals surface area contributed by atoms with E-state index in [9.17, 15) is 0 Å². The molecule has 0 radical (unpaired) electrons. The van der Waals surface area contributed by atoms with E-state index in [0.29, 0.717) is 11.3 Å². The van der Waals surface area contributed by atoms with Crippen LogP contribution in [0, 0.1) is 11.3 Å². The van der Waals surface area contributed by atoms with E-state index in [-0.39, 0.29) is 5.79 Å². The molecular formula is C14H26O2. The molecule has 2 heteroatoms. The third kappa shape index (κ3) is 2.43. The van der Waals surface area contributed by atoms with Crippen LogP contribution in [0.15, 0.2) is 0 Å². The average Bonchev–Trinajstić information content (AvgIpc) is 2.42. The molecule has 2 fully saturated rings. The van der Waals surface area contributed by atoms with E-state index in [1.807, 2.05) is 0 Å². The molecule has 2 aliphatic rings. The van der Waals surface area contributed by atoms with Gasteiger partial charge in [-0.05, 0) is 30.6 Å². The summed E-state index contributed by atoms with van der Waals surface area (Å²) in [6.07, 6.45) is 7.20. The molecule has 1 heterocycles. The van der Waals surface area contributed by atoms with Gasteiger partial charge in [-0.2, -0.15) is 0 Å². The summed E-state index contributed by atoms with van der Waals surface area (Å²) in [6, 6.07) is 0. The van der Waals surface area contributed by atoms with E-state index >= 15 is 0 Å². The van der Waals surface area contributed by atoms with Gasteiger partial charge in [0.15, 0.2) is 5.79 Å². The minimum atomic E-state index is -0.217. The lowest BCUT2D eigenvalue weighted by molar-refractivity contribution is -0.245. The minimum Gasteiger partial charge on any atom is -0.350 e. The van der Waals surface area contributed by atoms with Crippen LogP contribution in [0.25, 0.3) is 0 Å². The fraction of sp³-hybridized carbons (Fsp3) is 1.00. The van der Waals surface area contributed by atoms with Crippen molar-refractivity contribution < 1.29 is 9.47 Å². The molecule has 1 saturated carbocycles. The van der Waals surface area contributed by atoms with Gasteiger partial charge < -0.3 is 9.47 Å². The van der Waals surface area contributed by atoms with Crippen molar-refractivity contribution in [2.75, 3.05) is 13.2 Å². The van der Waals surface area contributed by atoms with Gasteiger partial charge in [0.05, 0.1) is 13.2 Å². The van der Waals surface area contributed by atoms with Crippen LogP contribution in [0.3, 0.4) is 0 Å². The van der Waals surface area contributed by atoms with Gasteiger partial charge in [0.2, 0.25) is 0 Å². The highest BCUT2D eigenvalue weighted by atomic mass is 16.7. The second kappa shape index (κ2) is 4.66. The van der Waals surface area contributed by atoms with Crippen molar-refractivity contribution in [3.8, 4) is 0 Å². The highest BCUT2D eigenvalue weighted by Crippen LogP contribution is 2.41. The zero-order chi connectivity index (χ0) is 11.6. The first kappa shape index (κ1) is 12.4. The van der Waals surface area contributed by atoms with E-state index in [2.05, 4.69) is 20.8 Å². The van der Waals surface area contributed by atoms with Crippen LogP contribution in [-0.2, 0) is 9.47 Å². The van der Waals surface area contributed by atoms with Crippen LogP contribution >= 0.6 is 0 Å². The molecule has 16 heavy (non-hydrogen) atoms. The summed E-state index contributed by atoms with van der Waals surface area (Å²) < 4.78 is 12.2. The van der Waals surface area contributed by atoms with E-state index in [0.717, 1.165) is 32.5 Å². The topological polar surface area (TPSA) is 18.5 Å². The van der Waals surface area contributed by atoms with Crippen molar-refractivity contribution in [1.82, 2.24) is 0 Å². The lowest BCUT2D eigenvalue weighted by atomic mass is 9.77. The van der Waals surface area contributed by atoms with Crippen LogP contribution < -0.4 is 0 Å². The zero-order valence-electron chi connectivity index (χ0n) is 11.1. The van der Waals surface area contributed by atoms with E-state index in [4.69, 9.17) is 9.47 Å². The highest BCUT2D eigenvalue weighted by Gasteiger charge is 2.41. The van der Waals surface area contributed by atoms with Crippen molar-refractivity contribution in [2.24, 2.45) is 11.3 Å². The van der Waals surface area contributed by atoms with E-state index in [1.165, 1.54) is 19.3 Å². The van der Waals surface area contributed by atoms with Crippen molar-refractivity contribution in [2.45, 2.75) is 65.1 Å². The van der Waals surface area contributed by atoms with Gasteiger partial charge in [0, 0.05) is 12.8 Å². The summed E-state index contributed by atoms with van der Waals surface area (Å²) in [5, 5.41) is 0. The summed E-state index contributed by atoms with van der Waals surface area (Å²) in [4.78, 5) is 0. The predicted octanol–water partition coefficient (Wildman–Crippen LogP) is 3.75.